The molecule has 0 aromatic heterocycles. The summed E-state index contributed by atoms with van der Waals surface area (Å²) in [7, 11) is -2.46. The molecule has 0 saturated heterocycles. The van der Waals surface area contributed by atoms with Crippen molar-refractivity contribution in [1.82, 2.24) is 14.9 Å². The number of hydrogen-bond donors (Lipinski definition) is 3. The Morgan fingerprint density at radius 2 is 1.86 bits per heavy atom. The summed E-state index contributed by atoms with van der Waals surface area (Å²) in [5.74, 6) is -0.636. The number of benzene rings is 2. The molecule has 0 bridgehead atoms. The van der Waals surface area contributed by atoms with Gasteiger partial charge in [-0.25, -0.2) is 27.1 Å². The van der Waals surface area contributed by atoms with Crippen molar-refractivity contribution in [3.8, 4) is 0 Å². The Morgan fingerprint density at radius 3 is 2.51 bits per heavy atom. The predicted molar refractivity (Wildman–Crippen MR) is 139 cm³/mol. The maximum absolute atomic E-state index is 13.2. The van der Waals surface area contributed by atoms with Gasteiger partial charge in [0.05, 0.1) is 18.2 Å². The number of halogens is 2. The Balaban J connectivity index is 1.91. The molecule has 13 heteroatoms. The van der Waals surface area contributed by atoms with Crippen molar-refractivity contribution >= 4 is 39.4 Å². The van der Waals surface area contributed by atoms with Gasteiger partial charge < -0.3 is 19.7 Å². The number of para-hydroxylation sites is 1. The second kappa shape index (κ2) is 15.4. The smallest absolute Gasteiger partial charge is 0.412 e. The van der Waals surface area contributed by atoms with Crippen molar-refractivity contribution in [1.29, 1.82) is 0 Å². The van der Waals surface area contributed by atoms with Crippen LogP contribution in [0.25, 0.3) is 0 Å². The predicted octanol–water partition coefficient (Wildman–Crippen LogP) is 3.83. The first kappa shape index (κ1) is 30.3. The maximum Gasteiger partial charge on any atom is 0.412 e. The molecule has 0 aliphatic heterocycles. The second-order valence-electron chi connectivity index (χ2n) is 7.93. The number of urea groups is 1. The lowest BCUT2D eigenvalue weighted by Gasteiger charge is -2.27. The summed E-state index contributed by atoms with van der Waals surface area (Å²) in [6.07, 6.45) is -0.571. The van der Waals surface area contributed by atoms with Gasteiger partial charge in [0.2, 0.25) is 10.0 Å². The van der Waals surface area contributed by atoms with Gasteiger partial charge in [-0.1, -0.05) is 29.8 Å². The van der Waals surface area contributed by atoms with Crippen LogP contribution >= 0.6 is 11.6 Å². The molecule has 204 valence electrons. The van der Waals surface area contributed by atoms with Crippen LogP contribution in [0.5, 0.6) is 0 Å². The lowest BCUT2D eigenvalue weighted by atomic mass is 10.2. The quantitative estimate of drug-likeness (QED) is 0.303. The Morgan fingerprint density at radius 1 is 1.14 bits per heavy atom. The molecule has 0 fully saturated rings. The van der Waals surface area contributed by atoms with Crippen LogP contribution in [-0.4, -0.2) is 71.4 Å². The van der Waals surface area contributed by atoms with Crippen LogP contribution in [0.2, 0.25) is 5.02 Å². The number of nitrogens with zero attached hydrogens (tertiary/aromatic N) is 1. The molecule has 10 nitrogen and oxygen atoms in total. The van der Waals surface area contributed by atoms with Crippen molar-refractivity contribution in [2.75, 3.05) is 45.2 Å². The van der Waals surface area contributed by atoms with E-state index in [0.717, 1.165) is 18.2 Å². The van der Waals surface area contributed by atoms with Crippen LogP contribution in [0.3, 0.4) is 0 Å². The number of methoxy groups -OCH3 is 1. The van der Waals surface area contributed by atoms with Crippen molar-refractivity contribution in [3.63, 3.8) is 0 Å². The lowest BCUT2D eigenvalue weighted by molar-refractivity contribution is 0.0302. The zero-order valence-corrected chi connectivity index (χ0v) is 22.3. The Kier molecular flexibility index (Phi) is 12.6. The Labute approximate surface area is 221 Å². The molecule has 2 aromatic carbocycles. The third kappa shape index (κ3) is 10.5. The zero-order valence-electron chi connectivity index (χ0n) is 20.7. The lowest BCUT2D eigenvalue weighted by Crippen LogP contribution is -2.46. The van der Waals surface area contributed by atoms with Gasteiger partial charge in [-0.3, -0.25) is 5.32 Å². The molecule has 1 unspecified atom stereocenters. The van der Waals surface area contributed by atoms with Crippen molar-refractivity contribution in [3.05, 3.63) is 59.4 Å². The van der Waals surface area contributed by atoms with E-state index in [1.54, 1.807) is 31.2 Å². The molecule has 2 aromatic rings. The average molecular weight is 559 g/mol. The van der Waals surface area contributed by atoms with E-state index in [4.69, 9.17) is 21.1 Å². The number of anilines is 1. The number of unbranched alkanes of at least 4 members (excludes halogenated alkanes) is 1. The first-order valence-corrected chi connectivity index (χ1v) is 13.5. The average Bonchev–Trinajstić information content (AvgIpc) is 2.83. The second-order valence-corrected chi connectivity index (χ2v) is 10.1. The monoisotopic (exact) mass is 558 g/mol. The van der Waals surface area contributed by atoms with Crippen molar-refractivity contribution in [2.45, 2.75) is 30.8 Å². The molecule has 1 atom stereocenters. The van der Waals surface area contributed by atoms with E-state index in [2.05, 4.69) is 15.4 Å². The van der Waals surface area contributed by atoms with E-state index in [1.165, 1.54) is 12.0 Å². The largest absolute Gasteiger partial charge is 0.442 e. The van der Waals surface area contributed by atoms with Crippen molar-refractivity contribution < 1.29 is 31.9 Å². The maximum atomic E-state index is 13.2. The summed E-state index contributed by atoms with van der Waals surface area (Å²) >= 11 is 5.85. The molecule has 0 saturated carbocycles. The van der Waals surface area contributed by atoms with Crippen molar-refractivity contribution in [2.24, 2.45) is 0 Å². The van der Waals surface area contributed by atoms with Gasteiger partial charge in [-0.2, -0.15) is 0 Å². The molecule has 2 rings (SSSR count). The van der Waals surface area contributed by atoms with Crippen LogP contribution in [0.1, 0.15) is 19.8 Å². The number of sulfonamides is 1. The van der Waals surface area contributed by atoms with Crippen LogP contribution in [0.15, 0.2) is 53.4 Å². The van der Waals surface area contributed by atoms with Gasteiger partial charge in [0, 0.05) is 32.4 Å². The van der Waals surface area contributed by atoms with E-state index in [0.29, 0.717) is 25.1 Å². The highest BCUT2D eigenvalue weighted by molar-refractivity contribution is 7.89. The number of rotatable bonds is 14. The number of ether oxygens (including phenoxy) is 2. The summed E-state index contributed by atoms with van der Waals surface area (Å²) in [5.41, 5.74) is 0.564. The SMILES string of the molecule is CCNC(=O)N(CCCCNS(=O)(=O)c1ccc(F)cc1Cl)CC(COC)OC(=O)Nc1ccccc1. The van der Waals surface area contributed by atoms with Crippen LogP contribution in [0.4, 0.5) is 19.7 Å². The van der Waals surface area contributed by atoms with Gasteiger partial charge >= 0.3 is 12.1 Å². The van der Waals surface area contributed by atoms with E-state index >= 15 is 0 Å². The number of nitrogens with one attached hydrogen (secondary N) is 3. The summed E-state index contributed by atoms with van der Waals surface area (Å²) in [5, 5.41) is 5.13. The number of hydrogen-bond acceptors (Lipinski definition) is 6. The highest BCUT2D eigenvalue weighted by Crippen LogP contribution is 2.22. The minimum absolute atomic E-state index is 0.0658. The van der Waals surface area contributed by atoms with Crippen LogP contribution in [0, 0.1) is 5.82 Å². The minimum Gasteiger partial charge on any atom is -0.442 e. The fraction of sp³-hybridized carbons (Fsp3) is 0.417. The van der Waals surface area contributed by atoms with Gasteiger partial charge in [-0.05, 0) is 50.1 Å². The van der Waals surface area contributed by atoms with Gasteiger partial charge in [0.25, 0.3) is 0 Å². The molecule has 0 aliphatic carbocycles. The third-order valence-corrected chi connectivity index (χ3v) is 6.96. The van der Waals surface area contributed by atoms with Gasteiger partial charge in [-0.15, -0.1) is 0 Å². The Hall–Kier alpha value is -2.93. The number of amides is 3. The normalized spacial score (nSPS) is 12.0. The highest BCUT2D eigenvalue weighted by Gasteiger charge is 2.22. The van der Waals surface area contributed by atoms with E-state index in [1.807, 2.05) is 6.07 Å². The summed E-state index contributed by atoms with van der Waals surface area (Å²) < 4.78 is 51.2. The third-order valence-electron chi connectivity index (χ3n) is 5.02. The molecule has 0 heterocycles. The fourth-order valence-electron chi connectivity index (χ4n) is 3.32. The number of carbonyl (C=O) groups excluding carboxylic acids is 2. The molecule has 0 aliphatic rings. The topological polar surface area (TPSA) is 126 Å². The minimum atomic E-state index is -3.92. The first-order chi connectivity index (χ1) is 17.7. The first-order valence-electron chi connectivity index (χ1n) is 11.7. The number of carbonyl (C=O) groups is 2. The zero-order chi connectivity index (χ0) is 27.3. The summed E-state index contributed by atoms with van der Waals surface area (Å²) in [6, 6.07) is 11.5. The molecular weight excluding hydrogens is 527 g/mol. The van der Waals surface area contributed by atoms with Crippen LogP contribution in [-0.2, 0) is 19.5 Å². The highest BCUT2D eigenvalue weighted by atomic mass is 35.5. The van der Waals surface area contributed by atoms with Gasteiger partial charge in [0.15, 0.2) is 0 Å². The van der Waals surface area contributed by atoms with E-state index < -0.39 is 28.0 Å². The van der Waals surface area contributed by atoms with Crippen LogP contribution < -0.4 is 15.4 Å². The Bertz CT molecular complexity index is 1120. The molecule has 3 amide bonds. The molecule has 3 N–H and O–H groups in total. The molecular formula is C24H32ClFN4O6S. The van der Waals surface area contributed by atoms with Gasteiger partial charge in [0.1, 0.15) is 16.8 Å². The standard InChI is InChI=1S/C24H32ClFN4O6S/c1-3-27-23(31)30(16-20(17-35-2)36-24(32)29-19-9-5-4-6-10-19)14-8-7-13-28-37(33,34)22-12-11-18(26)15-21(22)25/h4-6,9-12,15,20,28H,3,7-8,13-14,16-17H2,1-2H3,(H,27,31)(H,29,32). The fourth-order valence-corrected chi connectivity index (χ4v) is 4.92. The molecule has 0 radical (unpaired) electrons. The summed E-state index contributed by atoms with van der Waals surface area (Å²) in [4.78, 5) is 26.2. The van der Waals surface area contributed by atoms with E-state index in [9.17, 15) is 22.4 Å². The molecule has 0 spiro atoms. The van der Waals surface area contributed by atoms with E-state index in [-0.39, 0.29) is 42.2 Å². The molecule has 37 heavy (non-hydrogen) atoms. The summed E-state index contributed by atoms with van der Waals surface area (Å²) in [6.45, 7) is 2.67.